The summed E-state index contributed by atoms with van der Waals surface area (Å²) in [5.41, 5.74) is 6.51. The molecule has 1 fully saturated rings. The lowest BCUT2D eigenvalue weighted by Gasteiger charge is -2.21. The molecule has 15 heavy (non-hydrogen) atoms. The molecule has 1 saturated carbocycles. The van der Waals surface area contributed by atoms with Crippen LogP contribution in [0, 0.1) is 11.6 Å². The van der Waals surface area contributed by atoms with E-state index >= 15 is 0 Å². The Morgan fingerprint density at radius 2 is 1.87 bits per heavy atom. The summed E-state index contributed by atoms with van der Waals surface area (Å²) in [6.07, 6.45) is 1.88. The summed E-state index contributed by atoms with van der Waals surface area (Å²) in [4.78, 5) is 0. The number of hydrogen-bond acceptors (Lipinski definition) is 1. The lowest BCUT2D eigenvalue weighted by molar-refractivity contribution is 0.495. The summed E-state index contributed by atoms with van der Waals surface area (Å²) >= 11 is 3.26. The van der Waals surface area contributed by atoms with Crippen LogP contribution in [0.15, 0.2) is 16.6 Å². The van der Waals surface area contributed by atoms with Gasteiger partial charge in [-0.25, -0.2) is 8.78 Å². The molecule has 0 heterocycles. The second-order valence-electron chi connectivity index (χ2n) is 4.19. The highest BCUT2D eigenvalue weighted by Crippen LogP contribution is 2.52. The van der Waals surface area contributed by atoms with Crippen molar-refractivity contribution in [2.45, 2.75) is 31.2 Å². The van der Waals surface area contributed by atoms with Crippen LogP contribution in [0.3, 0.4) is 0 Å². The van der Waals surface area contributed by atoms with Crippen LogP contribution < -0.4 is 5.73 Å². The Labute approximate surface area is 95.8 Å². The van der Waals surface area contributed by atoms with Crippen LogP contribution in [0.4, 0.5) is 8.78 Å². The minimum Gasteiger partial charge on any atom is -0.327 e. The van der Waals surface area contributed by atoms with Crippen LogP contribution in [0.25, 0.3) is 0 Å². The summed E-state index contributed by atoms with van der Waals surface area (Å²) in [6.45, 7) is 1.90. The molecule has 0 spiro atoms. The summed E-state index contributed by atoms with van der Waals surface area (Å²) < 4.78 is 26.7. The van der Waals surface area contributed by atoms with Crippen LogP contribution in [0.1, 0.15) is 25.3 Å². The summed E-state index contributed by atoms with van der Waals surface area (Å²) in [5.74, 6) is -1.63. The van der Waals surface area contributed by atoms with Gasteiger partial charge in [-0.3, -0.25) is 0 Å². The molecule has 1 nitrogen and oxygen atoms in total. The van der Waals surface area contributed by atoms with E-state index in [4.69, 9.17) is 5.73 Å². The first-order chi connectivity index (χ1) is 6.97. The van der Waals surface area contributed by atoms with Gasteiger partial charge in [0.25, 0.3) is 0 Å². The number of benzene rings is 1. The van der Waals surface area contributed by atoms with Gasteiger partial charge in [0.2, 0.25) is 0 Å². The Morgan fingerprint density at radius 1 is 1.33 bits per heavy atom. The number of halogens is 3. The van der Waals surface area contributed by atoms with E-state index in [1.165, 1.54) is 12.1 Å². The van der Waals surface area contributed by atoms with Gasteiger partial charge >= 0.3 is 0 Å². The largest absolute Gasteiger partial charge is 0.327 e. The van der Waals surface area contributed by atoms with Crippen LogP contribution >= 0.6 is 15.9 Å². The maximum absolute atomic E-state index is 13.1. The van der Waals surface area contributed by atoms with Crippen LogP contribution in [0.2, 0.25) is 0 Å². The van der Waals surface area contributed by atoms with E-state index in [2.05, 4.69) is 15.9 Å². The van der Waals surface area contributed by atoms with Crippen molar-refractivity contribution >= 4 is 15.9 Å². The fourth-order valence-electron chi connectivity index (χ4n) is 2.01. The smallest absolute Gasteiger partial charge is 0.159 e. The highest BCUT2D eigenvalue weighted by Gasteiger charge is 2.48. The molecule has 1 atom stereocenters. The van der Waals surface area contributed by atoms with Gasteiger partial charge in [-0.1, -0.05) is 15.9 Å². The van der Waals surface area contributed by atoms with Gasteiger partial charge in [-0.15, -0.1) is 0 Å². The van der Waals surface area contributed by atoms with Crippen molar-refractivity contribution < 1.29 is 8.78 Å². The van der Waals surface area contributed by atoms with Gasteiger partial charge in [-0.2, -0.15) is 0 Å². The van der Waals surface area contributed by atoms with E-state index < -0.39 is 11.6 Å². The third-order valence-corrected chi connectivity index (χ3v) is 3.86. The molecule has 0 radical (unpaired) electrons. The standard InChI is InChI=1S/C11H12BrF2N/c1-6(15)11(2-3-11)7-4-9(13)10(14)5-8(7)12/h4-6H,2-3,15H2,1H3. The van der Waals surface area contributed by atoms with E-state index in [1.54, 1.807) is 0 Å². The fraction of sp³-hybridized carbons (Fsp3) is 0.455. The van der Waals surface area contributed by atoms with Crippen LogP contribution in [-0.2, 0) is 5.41 Å². The summed E-state index contributed by atoms with van der Waals surface area (Å²) in [6, 6.07) is 2.39. The third kappa shape index (κ3) is 1.70. The van der Waals surface area contributed by atoms with Crippen molar-refractivity contribution in [1.82, 2.24) is 0 Å². The highest BCUT2D eigenvalue weighted by molar-refractivity contribution is 9.10. The van der Waals surface area contributed by atoms with Gasteiger partial charge in [-0.05, 0) is 37.5 Å². The molecule has 1 aromatic rings. The van der Waals surface area contributed by atoms with Gasteiger partial charge in [0.15, 0.2) is 11.6 Å². The minimum atomic E-state index is -0.828. The molecule has 2 N–H and O–H groups in total. The molecular weight excluding hydrogens is 264 g/mol. The Kier molecular flexibility index (Phi) is 2.59. The van der Waals surface area contributed by atoms with Gasteiger partial charge < -0.3 is 5.73 Å². The van der Waals surface area contributed by atoms with Gasteiger partial charge in [0.05, 0.1) is 0 Å². The van der Waals surface area contributed by atoms with E-state index in [0.29, 0.717) is 4.47 Å². The van der Waals surface area contributed by atoms with Crippen molar-refractivity contribution in [1.29, 1.82) is 0 Å². The van der Waals surface area contributed by atoms with Gasteiger partial charge in [0, 0.05) is 15.9 Å². The highest BCUT2D eigenvalue weighted by atomic mass is 79.9. The lowest BCUT2D eigenvalue weighted by atomic mass is 9.89. The Hall–Kier alpha value is -0.480. The van der Waals surface area contributed by atoms with Gasteiger partial charge in [0.1, 0.15) is 0 Å². The molecule has 2 rings (SSSR count). The lowest BCUT2D eigenvalue weighted by Crippen LogP contribution is -2.32. The normalized spacial score (nSPS) is 20.1. The molecule has 82 valence electrons. The first-order valence-electron chi connectivity index (χ1n) is 4.88. The first-order valence-corrected chi connectivity index (χ1v) is 5.67. The average Bonchev–Trinajstić information content (AvgIpc) is 2.92. The molecule has 0 bridgehead atoms. The molecule has 0 aliphatic heterocycles. The molecule has 1 aromatic carbocycles. The van der Waals surface area contributed by atoms with Crippen molar-refractivity contribution in [3.05, 3.63) is 33.8 Å². The number of hydrogen-bond donors (Lipinski definition) is 1. The molecule has 4 heteroatoms. The summed E-state index contributed by atoms with van der Waals surface area (Å²) in [7, 11) is 0. The topological polar surface area (TPSA) is 26.0 Å². The first kappa shape index (κ1) is 11.0. The summed E-state index contributed by atoms with van der Waals surface area (Å²) in [5, 5.41) is 0. The zero-order chi connectivity index (χ0) is 11.2. The predicted molar refractivity (Wildman–Crippen MR) is 58.6 cm³/mol. The molecule has 1 unspecified atom stereocenters. The van der Waals surface area contributed by atoms with Crippen molar-refractivity contribution in [2.24, 2.45) is 5.73 Å². The second kappa shape index (κ2) is 3.52. The third-order valence-electron chi connectivity index (χ3n) is 3.21. The molecular formula is C11H12BrF2N. The van der Waals surface area contributed by atoms with Crippen LogP contribution in [-0.4, -0.2) is 6.04 Å². The molecule has 0 amide bonds. The zero-order valence-electron chi connectivity index (χ0n) is 8.36. The SMILES string of the molecule is CC(N)C1(c2cc(F)c(F)cc2Br)CC1. The van der Waals surface area contributed by atoms with Crippen LogP contribution in [0.5, 0.6) is 0 Å². The van der Waals surface area contributed by atoms with Crippen molar-refractivity contribution in [3.63, 3.8) is 0 Å². The Balaban J connectivity index is 2.49. The molecule has 0 saturated heterocycles. The Bertz CT molecular complexity index is 400. The zero-order valence-corrected chi connectivity index (χ0v) is 9.94. The fourth-order valence-corrected chi connectivity index (χ4v) is 2.72. The van der Waals surface area contributed by atoms with Crippen molar-refractivity contribution in [2.75, 3.05) is 0 Å². The predicted octanol–water partition coefficient (Wildman–Crippen LogP) is 3.11. The van der Waals surface area contributed by atoms with E-state index in [-0.39, 0.29) is 11.5 Å². The van der Waals surface area contributed by atoms with E-state index in [0.717, 1.165) is 18.4 Å². The maximum Gasteiger partial charge on any atom is 0.159 e. The molecule has 1 aliphatic rings. The van der Waals surface area contributed by atoms with Crippen molar-refractivity contribution in [3.8, 4) is 0 Å². The van der Waals surface area contributed by atoms with E-state index in [1.807, 2.05) is 6.92 Å². The monoisotopic (exact) mass is 275 g/mol. The quantitative estimate of drug-likeness (QED) is 0.825. The second-order valence-corrected chi connectivity index (χ2v) is 5.05. The maximum atomic E-state index is 13.1. The Morgan fingerprint density at radius 3 is 2.33 bits per heavy atom. The minimum absolute atomic E-state index is 0.0429. The number of rotatable bonds is 2. The van der Waals surface area contributed by atoms with E-state index in [9.17, 15) is 8.78 Å². The molecule has 1 aliphatic carbocycles. The molecule has 0 aromatic heterocycles. The average molecular weight is 276 g/mol. The number of nitrogens with two attached hydrogens (primary N) is 1.